The lowest BCUT2D eigenvalue weighted by Crippen LogP contribution is -2.71. The van der Waals surface area contributed by atoms with E-state index in [9.17, 15) is 0 Å². The van der Waals surface area contributed by atoms with Crippen molar-refractivity contribution in [3.8, 4) is 0 Å². The molecule has 0 amide bonds. The van der Waals surface area contributed by atoms with E-state index in [1.165, 1.54) is 18.4 Å². The van der Waals surface area contributed by atoms with Crippen LogP contribution in [0.15, 0.2) is 30.3 Å². The van der Waals surface area contributed by atoms with Crippen molar-refractivity contribution in [1.29, 1.82) is 0 Å². The normalized spacial score (nSPS) is 36.0. The third kappa shape index (κ3) is 3.94. The molecule has 3 rings (SSSR count). The number of piperazine rings is 1. The molecule has 1 aromatic rings. The number of hydrogen-bond donors (Lipinski definition) is 2. The van der Waals surface area contributed by atoms with Crippen LogP contribution in [0.1, 0.15) is 45.1 Å². The molecule has 0 radical (unpaired) electrons. The molecule has 4 atom stereocenters. The Kier molecular flexibility index (Phi) is 5.37. The fourth-order valence-electron chi connectivity index (χ4n) is 4.18. The van der Waals surface area contributed by atoms with Gasteiger partial charge in [0.1, 0.15) is 0 Å². The van der Waals surface area contributed by atoms with Gasteiger partial charge in [0, 0.05) is 25.2 Å². The molecule has 0 spiro atoms. The Morgan fingerprint density at radius 1 is 1.17 bits per heavy atom. The van der Waals surface area contributed by atoms with Crippen LogP contribution >= 0.6 is 0 Å². The van der Waals surface area contributed by atoms with Crippen molar-refractivity contribution < 1.29 is 4.74 Å². The molecule has 1 aromatic carbocycles. The van der Waals surface area contributed by atoms with Gasteiger partial charge in [-0.3, -0.25) is 4.90 Å². The maximum Gasteiger partial charge on any atom is 0.0957 e. The van der Waals surface area contributed by atoms with Crippen molar-refractivity contribution in [1.82, 2.24) is 10.2 Å². The first-order valence-corrected chi connectivity index (χ1v) is 9.03. The molecule has 1 aliphatic heterocycles. The Hall–Kier alpha value is -0.940. The van der Waals surface area contributed by atoms with E-state index in [1.807, 2.05) is 6.07 Å². The molecule has 4 nitrogen and oxygen atoms in total. The maximum atomic E-state index is 6.94. The molecule has 2 fully saturated rings. The number of hydrogen-bond acceptors (Lipinski definition) is 4. The Labute approximate surface area is 140 Å². The first-order chi connectivity index (χ1) is 11.1. The van der Waals surface area contributed by atoms with Crippen LogP contribution in [0.4, 0.5) is 0 Å². The van der Waals surface area contributed by atoms with Gasteiger partial charge < -0.3 is 15.8 Å². The summed E-state index contributed by atoms with van der Waals surface area (Å²) >= 11 is 0. The molecular formula is C19H31N3O. The SMILES string of the molecule is C[C@@H]1CN([C@@]2(N)CCCC[C@@H]2OCc2ccccc2)C[C@H](C)N1. The number of nitrogens with zero attached hydrogens (tertiary/aromatic N) is 1. The minimum absolute atomic E-state index is 0.119. The highest BCUT2D eigenvalue weighted by atomic mass is 16.5. The van der Waals surface area contributed by atoms with Crippen molar-refractivity contribution >= 4 is 0 Å². The average molecular weight is 317 g/mol. The first-order valence-electron chi connectivity index (χ1n) is 9.03. The van der Waals surface area contributed by atoms with E-state index in [1.54, 1.807) is 0 Å². The van der Waals surface area contributed by atoms with Crippen LogP contribution < -0.4 is 11.1 Å². The fourth-order valence-corrected chi connectivity index (χ4v) is 4.18. The molecule has 2 aliphatic rings. The van der Waals surface area contributed by atoms with Crippen LogP contribution in [0.25, 0.3) is 0 Å². The molecule has 1 saturated carbocycles. The molecule has 3 N–H and O–H groups in total. The van der Waals surface area contributed by atoms with Crippen molar-refractivity contribution in [3.05, 3.63) is 35.9 Å². The van der Waals surface area contributed by atoms with Crippen LogP contribution in [-0.2, 0) is 11.3 Å². The van der Waals surface area contributed by atoms with Crippen LogP contribution in [0.2, 0.25) is 0 Å². The topological polar surface area (TPSA) is 50.5 Å². The molecule has 23 heavy (non-hydrogen) atoms. The summed E-state index contributed by atoms with van der Waals surface area (Å²) in [5, 5.41) is 3.60. The zero-order valence-corrected chi connectivity index (χ0v) is 14.5. The number of rotatable bonds is 4. The van der Waals surface area contributed by atoms with Crippen LogP contribution in [-0.4, -0.2) is 41.8 Å². The minimum atomic E-state index is -0.322. The molecule has 128 valence electrons. The largest absolute Gasteiger partial charge is 0.370 e. The van der Waals surface area contributed by atoms with Gasteiger partial charge in [0.2, 0.25) is 0 Å². The Bertz CT molecular complexity index is 485. The number of nitrogens with one attached hydrogen (secondary N) is 1. The van der Waals surface area contributed by atoms with Gasteiger partial charge >= 0.3 is 0 Å². The summed E-state index contributed by atoms with van der Waals surface area (Å²) in [6, 6.07) is 11.4. The van der Waals surface area contributed by atoms with Crippen molar-refractivity contribution in [2.24, 2.45) is 5.73 Å². The summed E-state index contributed by atoms with van der Waals surface area (Å²) in [4.78, 5) is 2.48. The zero-order valence-electron chi connectivity index (χ0n) is 14.5. The van der Waals surface area contributed by atoms with Gasteiger partial charge in [-0.1, -0.05) is 43.2 Å². The molecular weight excluding hydrogens is 286 g/mol. The number of ether oxygens (including phenoxy) is 1. The smallest absolute Gasteiger partial charge is 0.0957 e. The lowest BCUT2D eigenvalue weighted by atomic mass is 9.84. The van der Waals surface area contributed by atoms with E-state index < -0.39 is 0 Å². The van der Waals surface area contributed by atoms with E-state index in [4.69, 9.17) is 10.5 Å². The minimum Gasteiger partial charge on any atom is -0.370 e. The molecule has 0 bridgehead atoms. The van der Waals surface area contributed by atoms with Crippen molar-refractivity contribution in [2.75, 3.05) is 13.1 Å². The lowest BCUT2D eigenvalue weighted by molar-refractivity contribution is -0.111. The van der Waals surface area contributed by atoms with Crippen LogP contribution in [0.3, 0.4) is 0 Å². The fraction of sp³-hybridized carbons (Fsp3) is 0.684. The van der Waals surface area contributed by atoms with Gasteiger partial charge in [-0.05, 0) is 32.3 Å². The first kappa shape index (κ1) is 16.9. The quantitative estimate of drug-likeness (QED) is 0.896. The highest BCUT2D eigenvalue weighted by Crippen LogP contribution is 2.33. The maximum absolute atomic E-state index is 6.94. The summed E-state index contributed by atoms with van der Waals surface area (Å²) in [5.41, 5.74) is 7.84. The number of nitrogens with two attached hydrogens (primary N) is 1. The second-order valence-electron chi connectivity index (χ2n) is 7.40. The van der Waals surface area contributed by atoms with Crippen molar-refractivity contribution in [3.63, 3.8) is 0 Å². The van der Waals surface area contributed by atoms with Gasteiger partial charge in [-0.2, -0.15) is 0 Å². The third-order valence-electron chi connectivity index (χ3n) is 5.29. The monoisotopic (exact) mass is 317 g/mol. The predicted octanol–water partition coefficient (Wildman–Crippen LogP) is 2.48. The summed E-state index contributed by atoms with van der Waals surface area (Å²) in [5.74, 6) is 0. The van der Waals surface area contributed by atoms with Gasteiger partial charge in [0.05, 0.1) is 18.4 Å². The van der Waals surface area contributed by atoms with E-state index in [-0.39, 0.29) is 11.8 Å². The second kappa shape index (κ2) is 7.31. The molecule has 4 heteroatoms. The Morgan fingerprint density at radius 3 is 2.57 bits per heavy atom. The average Bonchev–Trinajstić information content (AvgIpc) is 2.54. The van der Waals surface area contributed by atoms with Gasteiger partial charge in [0.25, 0.3) is 0 Å². The van der Waals surface area contributed by atoms with E-state index in [2.05, 4.69) is 48.3 Å². The molecule has 1 aliphatic carbocycles. The summed E-state index contributed by atoms with van der Waals surface area (Å²) in [6.45, 7) is 7.16. The molecule has 1 saturated heterocycles. The van der Waals surface area contributed by atoms with Gasteiger partial charge in [0.15, 0.2) is 0 Å². The van der Waals surface area contributed by atoms with Crippen LogP contribution in [0.5, 0.6) is 0 Å². The zero-order chi connectivity index (χ0) is 16.3. The predicted molar refractivity (Wildman–Crippen MR) is 94.0 cm³/mol. The molecule has 1 heterocycles. The van der Waals surface area contributed by atoms with E-state index in [0.717, 1.165) is 25.9 Å². The number of benzene rings is 1. The molecule has 0 aromatic heterocycles. The van der Waals surface area contributed by atoms with Gasteiger partial charge in [-0.15, -0.1) is 0 Å². The van der Waals surface area contributed by atoms with E-state index in [0.29, 0.717) is 18.7 Å². The highest BCUT2D eigenvalue weighted by molar-refractivity contribution is 5.13. The molecule has 0 unspecified atom stereocenters. The Morgan fingerprint density at radius 2 is 1.87 bits per heavy atom. The summed E-state index contributed by atoms with van der Waals surface area (Å²) in [7, 11) is 0. The summed E-state index contributed by atoms with van der Waals surface area (Å²) < 4.78 is 6.32. The summed E-state index contributed by atoms with van der Waals surface area (Å²) in [6.07, 6.45) is 4.64. The van der Waals surface area contributed by atoms with Crippen molar-refractivity contribution in [2.45, 2.75) is 70.0 Å². The standard InChI is InChI=1S/C19H31N3O/c1-15-12-22(13-16(2)21-15)19(20)11-7-6-10-18(19)23-14-17-8-4-3-5-9-17/h3-5,8-9,15-16,18,21H,6-7,10-14,20H2,1-2H3/t15-,16+,18-,19-/m0/s1. The van der Waals surface area contributed by atoms with Crippen LogP contribution in [0, 0.1) is 0 Å². The third-order valence-corrected chi connectivity index (χ3v) is 5.29. The Balaban J connectivity index is 1.69. The van der Waals surface area contributed by atoms with Gasteiger partial charge in [-0.25, -0.2) is 0 Å². The lowest BCUT2D eigenvalue weighted by Gasteiger charge is -2.52. The second-order valence-corrected chi connectivity index (χ2v) is 7.40. The highest BCUT2D eigenvalue weighted by Gasteiger charge is 2.44. The van der Waals surface area contributed by atoms with E-state index >= 15 is 0 Å².